The van der Waals surface area contributed by atoms with E-state index in [1.54, 1.807) is 6.07 Å². The lowest BCUT2D eigenvalue weighted by atomic mass is 9.97. The summed E-state index contributed by atoms with van der Waals surface area (Å²) in [5.74, 6) is 0.291. The minimum atomic E-state index is -0.716. The summed E-state index contributed by atoms with van der Waals surface area (Å²) >= 11 is 0. The van der Waals surface area contributed by atoms with Crippen molar-refractivity contribution in [1.29, 1.82) is 5.26 Å². The summed E-state index contributed by atoms with van der Waals surface area (Å²) in [6, 6.07) is 9.32. The number of pyridine rings is 1. The number of anilines is 2. The first-order valence-electron chi connectivity index (χ1n) is 9.56. The van der Waals surface area contributed by atoms with Crippen molar-refractivity contribution in [2.45, 2.75) is 0 Å². The number of phenols is 1. The van der Waals surface area contributed by atoms with Gasteiger partial charge in [-0.05, 0) is 18.2 Å². The number of halogens is 1. The number of rotatable bonds is 3. The molecule has 1 aromatic carbocycles. The van der Waals surface area contributed by atoms with Gasteiger partial charge in [0.15, 0.2) is 11.5 Å². The topological polar surface area (TPSA) is 137 Å². The number of H-pyrrole nitrogens is 1. The normalized spacial score (nSPS) is 14.1. The van der Waals surface area contributed by atoms with Crippen molar-refractivity contribution < 1.29 is 18.7 Å². The Morgan fingerprint density at radius 1 is 1.23 bits per heavy atom. The molecule has 9 nitrogen and oxygen atoms in total. The maximum atomic E-state index is 14.6. The van der Waals surface area contributed by atoms with Crippen LogP contribution >= 0.6 is 0 Å². The number of morpholine rings is 1. The van der Waals surface area contributed by atoms with E-state index in [1.165, 1.54) is 12.1 Å². The minimum absolute atomic E-state index is 0.0547. The van der Waals surface area contributed by atoms with E-state index in [4.69, 9.17) is 14.9 Å². The van der Waals surface area contributed by atoms with Crippen molar-refractivity contribution >= 4 is 22.7 Å². The number of aromatic hydroxyl groups is 1. The van der Waals surface area contributed by atoms with Gasteiger partial charge in [-0.2, -0.15) is 10.4 Å². The van der Waals surface area contributed by atoms with Gasteiger partial charge in [-0.15, -0.1) is 0 Å². The van der Waals surface area contributed by atoms with Gasteiger partial charge >= 0.3 is 0 Å². The molecule has 1 aliphatic rings. The van der Waals surface area contributed by atoms with Gasteiger partial charge in [-0.1, -0.05) is 0 Å². The van der Waals surface area contributed by atoms with Gasteiger partial charge in [0.25, 0.3) is 0 Å². The molecule has 0 radical (unpaired) electrons. The Labute approximate surface area is 175 Å². The summed E-state index contributed by atoms with van der Waals surface area (Å²) in [7, 11) is 0. The number of aromatic nitrogens is 3. The van der Waals surface area contributed by atoms with Gasteiger partial charge in [0.1, 0.15) is 29.2 Å². The summed E-state index contributed by atoms with van der Waals surface area (Å²) in [4.78, 5) is 6.41. The SMILES string of the molecule is N#Cc1c(-c2ccc(O)cc2F)nc2n[nH]c(N)c2c1-c1ccc(N2CCOCC2)o1. The first kappa shape index (κ1) is 18.9. The van der Waals surface area contributed by atoms with Crippen LogP contribution in [0.4, 0.5) is 16.1 Å². The predicted octanol–water partition coefficient (Wildman–Crippen LogP) is 3.02. The summed E-state index contributed by atoms with van der Waals surface area (Å²) in [5, 5.41) is 26.7. The number of aromatic amines is 1. The van der Waals surface area contributed by atoms with Crippen molar-refractivity contribution in [3.63, 3.8) is 0 Å². The molecule has 156 valence electrons. The van der Waals surface area contributed by atoms with E-state index in [0.717, 1.165) is 6.07 Å². The standard InChI is InChI=1S/C21H17FN6O3/c22-14-9-11(29)1-2-12(14)19-13(10-23)17(18-20(24)26-27-21(18)25-19)15-3-4-16(31-15)28-5-7-30-8-6-28/h1-4,9,29H,5-8H2,(H3,24,25,26,27). The van der Waals surface area contributed by atoms with Crippen LogP contribution in [0, 0.1) is 17.1 Å². The average Bonchev–Trinajstić information content (AvgIpc) is 3.40. The van der Waals surface area contributed by atoms with Gasteiger partial charge < -0.3 is 24.9 Å². The molecule has 4 N–H and O–H groups in total. The lowest BCUT2D eigenvalue weighted by molar-refractivity contribution is 0.121. The smallest absolute Gasteiger partial charge is 0.196 e. The number of hydrogen-bond donors (Lipinski definition) is 3. The number of phenolic OH excluding ortho intramolecular Hbond substituents is 1. The Hall–Kier alpha value is -4.10. The molecule has 1 fully saturated rings. The molecule has 0 unspecified atom stereocenters. The molecule has 4 aromatic rings. The summed E-state index contributed by atoms with van der Waals surface area (Å²) < 4.78 is 26.1. The number of hydrogen-bond acceptors (Lipinski definition) is 8. The van der Waals surface area contributed by atoms with Crippen LogP contribution in [-0.2, 0) is 4.74 Å². The first-order chi connectivity index (χ1) is 15.1. The highest BCUT2D eigenvalue weighted by molar-refractivity contribution is 6.03. The van der Waals surface area contributed by atoms with Crippen LogP contribution in [0.5, 0.6) is 5.75 Å². The van der Waals surface area contributed by atoms with Crippen molar-refractivity contribution in [1.82, 2.24) is 15.2 Å². The molecular formula is C21H17FN6O3. The number of furan rings is 1. The number of nitrogens with two attached hydrogens (primary N) is 1. The van der Waals surface area contributed by atoms with Gasteiger partial charge in [-0.25, -0.2) is 9.37 Å². The van der Waals surface area contributed by atoms with Crippen molar-refractivity contribution in [2.75, 3.05) is 36.9 Å². The Morgan fingerprint density at radius 2 is 2.03 bits per heavy atom. The zero-order valence-electron chi connectivity index (χ0n) is 16.2. The highest BCUT2D eigenvalue weighted by atomic mass is 19.1. The highest BCUT2D eigenvalue weighted by Crippen LogP contribution is 2.40. The molecule has 1 aliphatic heterocycles. The van der Waals surface area contributed by atoms with Gasteiger partial charge in [-0.3, -0.25) is 5.10 Å². The molecule has 31 heavy (non-hydrogen) atoms. The lowest BCUT2D eigenvalue weighted by Gasteiger charge is -2.26. The number of nitrogens with one attached hydrogen (secondary N) is 1. The van der Waals surface area contributed by atoms with Crippen LogP contribution in [0.15, 0.2) is 34.7 Å². The number of ether oxygens (including phenoxy) is 1. The molecule has 1 saturated heterocycles. The fraction of sp³-hybridized carbons (Fsp3) is 0.190. The second kappa shape index (κ2) is 7.30. The monoisotopic (exact) mass is 420 g/mol. The van der Waals surface area contributed by atoms with Crippen LogP contribution in [-0.4, -0.2) is 46.6 Å². The summed E-state index contributed by atoms with van der Waals surface area (Å²) in [6.07, 6.45) is 0. The van der Waals surface area contributed by atoms with Crippen LogP contribution < -0.4 is 10.6 Å². The van der Waals surface area contributed by atoms with Crippen LogP contribution in [0.2, 0.25) is 0 Å². The largest absolute Gasteiger partial charge is 0.508 e. The third kappa shape index (κ3) is 3.12. The van der Waals surface area contributed by atoms with E-state index in [2.05, 4.69) is 21.3 Å². The number of nitriles is 1. The van der Waals surface area contributed by atoms with Crippen molar-refractivity contribution in [2.24, 2.45) is 0 Å². The number of nitrogen functional groups attached to an aromatic ring is 1. The maximum Gasteiger partial charge on any atom is 0.196 e. The fourth-order valence-corrected chi connectivity index (χ4v) is 3.74. The fourth-order valence-electron chi connectivity index (χ4n) is 3.74. The molecule has 5 rings (SSSR count). The maximum absolute atomic E-state index is 14.6. The molecule has 0 spiro atoms. The minimum Gasteiger partial charge on any atom is -0.508 e. The second-order valence-corrected chi connectivity index (χ2v) is 7.06. The third-order valence-electron chi connectivity index (χ3n) is 5.21. The van der Waals surface area contributed by atoms with E-state index in [0.29, 0.717) is 48.9 Å². The zero-order chi connectivity index (χ0) is 21.5. The number of benzene rings is 1. The van der Waals surface area contributed by atoms with Gasteiger partial charge in [0.05, 0.1) is 35.4 Å². The molecule has 3 aromatic heterocycles. The Kier molecular flexibility index (Phi) is 4.45. The van der Waals surface area contributed by atoms with E-state index in [-0.39, 0.29) is 34.0 Å². The lowest BCUT2D eigenvalue weighted by Crippen LogP contribution is -2.35. The van der Waals surface area contributed by atoms with E-state index in [9.17, 15) is 14.8 Å². The molecule has 4 heterocycles. The Bertz CT molecular complexity index is 1330. The highest BCUT2D eigenvalue weighted by Gasteiger charge is 2.26. The molecule has 0 atom stereocenters. The Balaban J connectivity index is 1.75. The number of nitrogens with zero attached hydrogens (tertiary/aromatic N) is 4. The van der Waals surface area contributed by atoms with E-state index in [1.807, 2.05) is 11.0 Å². The van der Waals surface area contributed by atoms with Crippen molar-refractivity contribution in [3.05, 3.63) is 41.7 Å². The number of fused-ring (bicyclic) bond motifs is 1. The van der Waals surface area contributed by atoms with E-state index >= 15 is 0 Å². The molecular weight excluding hydrogens is 403 g/mol. The summed E-state index contributed by atoms with van der Waals surface area (Å²) in [6.45, 7) is 2.55. The Morgan fingerprint density at radius 3 is 2.77 bits per heavy atom. The summed E-state index contributed by atoms with van der Waals surface area (Å²) in [5.41, 5.74) is 6.91. The second-order valence-electron chi connectivity index (χ2n) is 7.06. The molecule has 0 bridgehead atoms. The van der Waals surface area contributed by atoms with Crippen LogP contribution in [0.1, 0.15) is 5.56 Å². The molecule has 10 heteroatoms. The van der Waals surface area contributed by atoms with Gasteiger partial charge in [0.2, 0.25) is 0 Å². The predicted molar refractivity (Wildman–Crippen MR) is 111 cm³/mol. The van der Waals surface area contributed by atoms with Crippen molar-refractivity contribution in [3.8, 4) is 34.4 Å². The first-order valence-corrected chi connectivity index (χ1v) is 9.56. The zero-order valence-corrected chi connectivity index (χ0v) is 16.2. The molecule has 0 amide bonds. The van der Waals surface area contributed by atoms with Gasteiger partial charge in [0, 0.05) is 30.8 Å². The molecule has 0 saturated carbocycles. The van der Waals surface area contributed by atoms with Crippen LogP contribution in [0.3, 0.4) is 0 Å². The van der Waals surface area contributed by atoms with Crippen LogP contribution in [0.25, 0.3) is 33.6 Å². The van der Waals surface area contributed by atoms with E-state index < -0.39 is 5.82 Å². The molecule has 0 aliphatic carbocycles. The average molecular weight is 420 g/mol. The third-order valence-corrected chi connectivity index (χ3v) is 5.21. The quantitative estimate of drug-likeness (QED) is 0.460.